The van der Waals surface area contributed by atoms with E-state index >= 15 is 0 Å². The normalized spacial score (nSPS) is 15.2. The van der Waals surface area contributed by atoms with Crippen LogP contribution in [0.25, 0.3) is 0 Å². The molecule has 1 fully saturated rings. The first-order valence-corrected chi connectivity index (χ1v) is 15.9. The largest absolute Gasteiger partial charge is 0.493 e. The number of carbonyl (C=O) groups excluding carboxylic acids is 1. The van der Waals surface area contributed by atoms with Crippen LogP contribution in [0.1, 0.15) is 98.1 Å². The Morgan fingerprint density at radius 3 is 2.27 bits per heavy atom. The minimum Gasteiger partial charge on any atom is -0.493 e. The molecule has 230 valence electrons. The van der Waals surface area contributed by atoms with Crippen LogP contribution in [0.5, 0.6) is 5.75 Å². The minimum absolute atomic E-state index is 0.0449. The zero-order chi connectivity index (χ0) is 29.6. The van der Waals surface area contributed by atoms with Gasteiger partial charge in [-0.2, -0.15) is 0 Å². The fraction of sp³-hybridized carbons (Fsp3) is 0.794. The van der Waals surface area contributed by atoms with Crippen molar-refractivity contribution in [2.24, 2.45) is 17.3 Å². The van der Waals surface area contributed by atoms with Crippen LogP contribution in [0.15, 0.2) is 18.2 Å². The number of morpholine rings is 1. The van der Waals surface area contributed by atoms with E-state index in [-0.39, 0.29) is 16.7 Å². The average Bonchev–Trinajstić information content (AvgIpc) is 2.90. The van der Waals surface area contributed by atoms with Crippen molar-refractivity contribution >= 4 is 5.91 Å². The Kier molecular flexibility index (Phi) is 15.0. The molecule has 1 saturated heterocycles. The van der Waals surface area contributed by atoms with Crippen molar-refractivity contribution < 1.29 is 19.0 Å². The first-order valence-electron chi connectivity index (χ1n) is 15.9. The number of nitrogens with one attached hydrogen (secondary N) is 1. The van der Waals surface area contributed by atoms with E-state index in [1.807, 2.05) is 0 Å². The monoisotopic (exact) mass is 560 g/mol. The number of aryl methyl sites for hydroxylation is 1. The van der Waals surface area contributed by atoms with Gasteiger partial charge in [0.2, 0.25) is 5.91 Å². The number of ether oxygens (including phenoxy) is 3. The van der Waals surface area contributed by atoms with Crippen molar-refractivity contribution in [3.8, 4) is 5.75 Å². The summed E-state index contributed by atoms with van der Waals surface area (Å²) in [4.78, 5) is 15.9. The number of amides is 1. The summed E-state index contributed by atoms with van der Waals surface area (Å²) in [5.41, 5.74) is 2.33. The predicted octanol–water partition coefficient (Wildman–Crippen LogP) is 6.64. The van der Waals surface area contributed by atoms with Crippen molar-refractivity contribution in [2.75, 3.05) is 59.7 Å². The van der Waals surface area contributed by atoms with Crippen molar-refractivity contribution in [2.45, 2.75) is 98.8 Å². The predicted molar refractivity (Wildman–Crippen MR) is 166 cm³/mol. The zero-order valence-corrected chi connectivity index (χ0v) is 27.1. The number of unbranched alkanes of at least 4 members (excludes halogenated alkanes) is 3. The second kappa shape index (κ2) is 17.4. The number of nitrogens with zero attached hydrogens (tertiary/aromatic N) is 1. The van der Waals surface area contributed by atoms with Gasteiger partial charge in [0.15, 0.2) is 0 Å². The molecule has 0 saturated carbocycles. The first-order chi connectivity index (χ1) is 19.0. The number of hydrogen-bond donors (Lipinski definition) is 1. The van der Waals surface area contributed by atoms with E-state index in [1.54, 1.807) is 7.11 Å². The molecule has 0 bridgehead atoms. The molecule has 0 unspecified atom stereocenters. The maximum Gasteiger partial charge on any atom is 0.226 e. The van der Waals surface area contributed by atoms with E-state index in [2.05, 4.69) is 76.9 Å². The summed E-state index contributed by atoms with van der Waals surface area (Å²) >= 11 is 0. The summed E-state index contributed by atoms with van der Waals surface area (Å²) in [5, 5.41) is 3.31. The molecule has 2 rings (SSSR count). The van der Waals surface area contributed by atoms with Gasteiger partial charge in [-0.15, -0.1) is 0 Å². The molecule has 0 atom stereocenters. The fourth-order valence-electron chi connectivity index (χ4n) is 6.15. The lowest BCUT2D eigenvalue weighted by atomic mass is 9.65. The second-order valence-corrected chi connectivity index (χ2v) is 13.2. The smallest absolute Gasteiger partial charge is 0.226 e. The Hall–Kier alpha value is -1.63. The third kappa shape index (κ3) is 10.6. The van der Waals surface area contributed by atoms with Gasteiger partial charge in [0.25, 0.3) is 0 Å². The molecule has 1 aliphatic heterocycles. The van der Waals surface area contributed by atoms with E-state index in [9.17, 15) is 4.79 Å². The molecule has 1 N–H and O–H groups in total. The highest BCUT2D eigenvalue weighted by Crippen LogP contribution is 2.41. The van der Waals surface area contributed by atoms with Crippen LogP contribution in [-0.4, -0.2) is 70.5 Å². The zero-order valence-electron chi connectivity index (χ0n) is 27.1. The highest BCUT2D eigenvalue weighted by molar-refractivity contribution is 5.83. The number of hydrogen-bond acceptors (Lipinski definition) is 5. The van der Waals surface area contributed by atoms with Crippen molar-refractivity contribution in [3.63, 3.8) is 0 Å². The van der Waals surface area contributed by atoms with E-state index in [4.69, 9.17) is 14.2 Å². The van der Waals surface area contributed by atoms with Crippen LogP contribution in [0.4, 0.5) is 0 Å². The highest BCUT2D eigenvalue weighted by atomic mass is 16.5. The molecule has 1 aromatic rings. The molecule has 6 heteroatoms. The van der Waals surface area contributed by atoms with Crippen LogP contribution in [-0.2, 0) is 26.1 Å². The maximum atomic E-state index is 13.6. The van der Waals surface area contributed by atoms with Gasteiger partial charge in [-0.05, 0) is 53.7 Å². The Morgan fingerprint density at radius 1 is 0.975 bits per heavy atom. The minimum atomic E-state index is -0.317. The van der Waals surface area contributed by atoms with Crippen LogP contribution < -0.4 is 10.1 Å². The number of carbonyl (C=O) groups is 1. The molecule has 1 aromatic carbocycles. The Balaban J connectivity index is 1.86. The summed E-state index contributed by atoms with van der Waals surface area (Å²) in [6.07, 6.45) is 7.47. The molecule has 1 aliphatic rings. The topological polar surface area (TPSA) is 60.0 Å². The molecule has 0 aromatic heterocycles. The number of benzene rings is 1. The van der Waals surface area contributed by atoms with E-state index in [0.717, 1.165) is 83.7 Å². The summed E-state index contributed by atoms with van der Waals surface area (Å²) in [7, 11) is 1.73. The van der Waals surface area contributed by atoms with Gasteiger partial charge in [-0.3, -0.25) is 9.69 Å². The van der Waals surface area contributed by atoms with Crippen LogP contribution in [0.2, 0.25) is 0 Å². The third-order valence-electron chi connectivity index (χ3n) is 8.71. The molecule has 0 aliphatic carbocycles. The summed E-state index contributed by atoms with van der Waals surface area (Å²) in [5.74, 6) is 1.86. The van der Waals surface area contributed by atoms with Crippen molar-refractivity contribution in [3.05, 3.63) is 29.3 Å². The Bertz CT molecular complexity index is 848. The highest BCUT2D eigenvalue weighted by Gasteiger charge is 2.43. The van der Waals surface area contributed by atoms with E-state index in [1.165, 1.54) is 17.5 Å². The summed E-state index contributed by atoms with van der Waals surface area (Å²) < 4.78 is 16.8. The van der Waals surface area contributed by atoms with Crippen molar-refractivity contribution in [1.82, 2.24) is 10.2 Å². The third-order valence-corrected chi connectivity index (χ3v) is 8.71. The standard InChI is InChI=1S/C34H60N2O4/c1-27(2)34(28(3)4,32(37)35-18-19-36-20-24-39-25-21-36)17-12-10-9-11-14-29-15-16-30(33(5,6)7)31(26-29)40-23-13-22-38-8/h15-16,26-28H,9-14,17-25H2,1-8H3,(H,35,37). The SMILES string of the molecule is COCCCOc1cc(CCCCCCC(C(=O)NCCN2CCOCC2)(C(C)C)C(C)C)ccc1C(C)(C)C. The van der Waals surface area contributed by atoms with Gasteiger partial charge in [0.1, 0.15) is 5.75 Å². The first kappa shape index (κ1) is 34.6. The Labute approximate surface area is 245 Å². The molecule has 1 amide bonds. The van der Waals surface area contributed by atoms with Gasteiger partial charge < -0.3 is 19.5 Å². The lowest BCUT2D eigenvalue weighted by molar-refractivity contribution is -0.138. The summed E-state index contributed by atoms with van der Waals surface area (Å²) in [6.45, 7) is 22.1. The molecule has 1 heterocycles. The molecule has 6 nitrogen and oxygen atoms in total. The maximum absolute atomic E-state index is 13.6. The average molecular weight is 561 g/mol. The van der Waals surface area contributed by atoms with Gasteiger partial charge in [0.05, 0.1) is 25.2 Å². The lowest BCUT2D eigenvalue weighted by Crippen LogP contribution is -2.50. The molecule has 40 heavy (non-hydrogen) atoms. The quantitative estimate of drug-likeness (QED) is 0.204. The van der Waals surface area contributed by atoms with Crippen molar-refractivity contribution in [1.29, 1.82) is 0 Å². The van der Waals surface area contributed by atoms with Gasteiger partial charge in [0, 0.05) is 46.3 Å². The van der Waals surface area contributed by atoms with E-state index in [0.29, 0.717) is 25.0 Å². The van der Waals surface area contributed by atoms with Crippen LogP contribution in [0.3, 0.4) is 0 Å². The number of methoxy groups -OCH3 is 1. The fourth-order valence-corrected chi connectivity index (χ4v) is 6.15. The second-order valence-electron chi connectivity index (χ2n) is 13.2. The molecular formula is C34H60N2O4. The van der Waals surface area contributed by atoms with Crippen LogP contribution >= 0.6 is 0 Å². The molecule has 0 radical (unpaired) electrons. The van der Waals surface area contributed by atoms with E-state index < -0.39 is 0 Å². The van der Waals surface area contributed by atoms with Gasteiger partial charge in [-0.1, -0.05) is 79.9 Å². The molecule has 0 spiro atoms. The summed E-state index contributed by atoms with van der Waals surface area (Å²) in [6, 6.07) is 6.77. The van der Waals surface area contributed by atoms with Gasteiger partial charge in [-0.25, -0.2) is 0 Å². The lowest BCUT2D eigenvalue weighted by Gasteiger charge is -2.40. The van der Waals surface area contributed by atoms with Crippen LogP contribution in [0, 0.1) is 17.3 Å². The Morgan fingerprint density at radius 2 is 1.65 bits per heavy atom. The molecular weight excluding hydrogens is 500 g/mol. The number of rotatable bonds is 18. The van der Waals surface area contributed by atoms with Gasteiger partial charge >= 0.3 is 0 Å².